The SMILES string of the molecule is NC(=O)/C=C\C(=O)O.[Cl][Zn][Cl].[H-].[Na+]. The fourth-order valence-corrected chi connectivity index (χ4v) is 0.153. The summed E-state index contributed by atoms with van der Waals surface area (Å²) in [4.78, 5) is 19.4. The molecule has 1 amide bonds. The first-order valence-electron chi connectivity index (χ1n) is 2.37. The van der Waals surface area contributed by atoms with Crippen LogP contribution >= 0.6 is 19.4 Å². The molecule has 3 N–H and O–H groups in total. The summed E-state index contributed by atoms with van der Waals surface area (Å²) in [5, 5.41) is 7.87. The quantitative estimate of drug-likeness (QED) is 0.436. The van der Waals surface area contributed by atoms with Gasteiger partial charge in [-0.1, -0.05) is 0 Å². The number of carbonyl (C=O) groups excluding carboxylic acids is 1. The number of rotatable bonds is 2. The summed E-state index contributed by atoms with van der Waals surface area (Å²) >= 11 is -0.931. The number of hydrogen-bond donors (Lipinski definition) is 2. The minimum atomic E-state index is -1.18. The van der Waals surface area contributed by atoms with E-state index in [4.69, 9.17) is 24.5 Å². The minimum absolute atomic E-state index is 0. The second kappa shape index (κ2) is 14.4. The Bertz CT molecular complexity index is 155. The Morgan fingerprint density at radius 3 is 1.83 bits per heavy atom. The monoisotopic (exact) mass is 273 g/mol. The van der Waals surface area contributed by atoms with Crippen molar-refractivity contribution in [3.05, 3.63) is 12.2 Å². The summed E-state index contributed by atoms with van der Waals surface area (Å²) in [6, 6.07) is 0. The molecule has 0 rings (SSSR count). The Morgan fingerprint density at radius 1 is 1.42 bits per heavy atom. The fourth-order valence-electron chi connectivity index (χ4n) is 0.153. The van der Waals surface area contributed by atoms with Crippen LogP contribution in [0.5, 0.6) is 0 Å². The molecule has 0 spiro atoms. The molecule has 0 aliphatic rings. The van der Waals surface area contributed by atoms with E-state index >= 15 is 0 Å². The maximum absolute atomic E-state index is 9.78. The molecule has 0 unspecified atom stereocenters. The van der Waals surface area contributed by atoms with Gasteiger partial charge < -0.3 is 12.3 Å². The number of carboxylic acids is 1. The number of hydrogen-bond acceptors (Lipinski definition) is 2. The second-order valence-electron chi connectivity index (χ2n) is 1.17. The van der Waals surface area contributed by atoms with Gasteiger partial charge in [-0.3, -0.25) is 4.79 Å². The van der Waals surface area contributed by atoms with Crippen LogP contribution in [0.4, 0.5) is 0 Å². The van der Waals surface area contributed by atoms with Crippen molar-refractivity contribution in [1.82, 2.24) is 0 Å². The Labute approximate surface area is 109 Å². The third-order valence-corrected chi connectivity index (χ3v) is 0.390. The maximum Gasteiger partial charge on any atom is 1.00 e. The first-order chi connectivity index (χ1) is 5.04. The molecule has 0 atom stereocenters. The van der Waals surface area contributed by atoms with E-state index in [1.54, 1.807) is 0 Å². The predicted octanol–water partition coefficient (Wildman–Crippen LogP) is -2.39. The van der Waals surface area contributed by atoms with E-state index < -0.39 is 27.0 Å². The molecule has 0 aromatic rings. The van der Waals surface area contributed by atoms with Crippen molar-refractivity contribution in [2.75, 3.05) is 0 Å². The van der Waals surface area contributed by atoms with Gasteiger partial charge in [-0.25, -0.2) is 4.79 Å². The van der Waals surface area contributed by atoms with Gasteiger partial charge in [-0.15, -0.1) is 0 Å². The van der Waals surface area contributed by atoms with Gasteiger partial charge in [0.1, 0.15) is 0 Å². The summed E-state index contributed by atoms with van der Waals surface area (Å²) in [5.74, 6) is -1.93. The second-order valence-corrected chi connectivity index (χ2v) is 5.80. The molecule has 0 heterocycles. The topological polar surface area (TPSA) is 80.4 Å². The molecule has 62 valence electrons. The molecule has 0 aliphatic carbocycles. The van der Waals surface area contributed by atoms with Crippen molar-refractivity contribution in [2.45, 2.75) is 0 Å². The number of primary amides is 1. The maximum atomic E-state index is 9.78. The van der Waals surface area contributed by atoms with Gasteiger partial charge in [0, 0.05) is 12.2 Å². The van der Waals surface area contributed by atoms with E-state index in [0.717, 1.165) is 6.08 Å². The summed E-state index contributed by atoms with van der Waals surface area (Å²) in [6.45, 7) is 0. The summed E-state index contributed by atoms with van der Waals surface area (Å²) < 4.78 is 0. The smallest absolute Gasteiger partial charge is 1.00 e. The van der Waals surface area contributed by atoms with Gasteiger partial charge in [0.15, 0.2) is 0 Å². The number of halogens is 2. The summed E-state index contributed by atoms with van der Waals surface area (Å²) in [6.07, 6.45) is 1.46. The Morgan fingerprint density at radius 2 is 1.75 bits per heavy atom. The van der Waals surface area contributed by atoms with Gasteiger partial charge in [0.05, 0.1) is 0 Å². The third kappa shape index (κ3) is 30.7. The van der Waals surface area contributed by atoms with Gasteiger partial charge in [-0.2, -0.15) is 0 Å². The van der Waals surface area contributed by atoms with Gasteiger partial charge in [-0.05, 0) is 0 Å². The minimum Gasteiger partial charge on any atom is -1.00 e. The van der Waals surface area contributed by atoms with Crippen molar-refractivity contribution in [3.63, 3.8) is 0 Å². The molecule has 0 fully saturated rings. The van der Waals surface area contributed by atoms with Gasteiger partial charge in [0.2, 0.25) is 5.91 Å². The molecule has 12 heavy (non-hydrogen) atoms. The van der Waals surface area contributed by atoms with E-state index in [2.05, 4.69) is 5.73 Å². The third-order valence-electron chi connectivity index (χ3n) is 0.390. The van der Waals surface area contributed by atoms with Crippen LogP contribution in [0.2, 0.25) is 0 Å². The molecule has 0 bridgehead atoms. The van der Waals surface area contributed by atoms with Crippen LogP contribution in [-0.2, 0) is 24.7 Å². The molecular formula is C4H6Cl2NNaO3Zn. The number of nitrogens with two attached hydrogens (primary N) is 1. The van der Waals surface area contributed by atoms with Crippen LogP contribution in [0, 0.1) is 0 Å². The van der Waals surface area contributed by atoms with Crippen molar-refractivity contribution in [1.29, 1.82) is 0 Å². The van der Waals surface area contributed by atoms with E-state index in [1.165, 1.54) is 0 Å². The first-order valence-corrected chi connectivity index (χ1v) is 10.2. The van der Waals surface area contributed by atoms with Gasteiger partial charge >= 0.3 is 70.1 Å². The number of carboxylic acid groups (broad SMARTS) is 1. The van der Waals surface area contributed by atoms with E-state index in [1.807, 2.05) is 0 Å². The summed E-state index contributed by atoms with van der Waals surface area (Å²) in [7, 11) is 9.90. The Balaban J connectivity index is -0.0000000720. The van der Waals surface area contributed by atoms with Crippen molar-refractivity contribution in [2.24, 2.45) is 5.73 Å². The molecule has 0 aliphatic heterocycles. The fraction of sp³-hybridized carbons (Fsp3) is 0. The summed E-state index contributed by atoms with van der Waals surface area (Å²) in [5.41, 5.74) is 4.55. The molecule has 0 aromatic carbocycles. The average Bonchev–Trinajstić information content (AvgIpc) is 1.85. The zero-order valence-corrected chi connectivity index (χ0v) is 12.9. The molecule has 0 radical (unpaired) electrons. The number of carbonyl (C=O) groups is 2. The van der Waals surface area contributed by atoms with Crippen LogP contribution in [0.3, 0.4) is 0 Å². The van der Waals surface area contributed by atoms with E-state index in [-0.39, 0.29) is 31.0 Å². The average molecular weight is 275 g/mol. The van der Waals surface area contributed by atoms with Gasteiger partial charge in [0.25, 0.3) is 0 Å². The molecular weight excluding hydrogens is 269 g/mol. The van der Waals surface area contributed by atoms with Crippen LogP contribution < -0.4 is 35.3 Å². The van der Waals surface area contributed by atoms with Crippen molar-refractivity contribution < 1.29 is 60.8 Å². The van der Waals surface area contributed by atoms with Crippen LogP contribution in [-0.4, -0.2) is 17.0 Å². The first kappa shape index (κ1) is 18.6. The largest absolute Gasteiger partial charge is 1.00 e. The zero-order valence-electron chi connectivity index (χ0n) is 7.46. The number of amides is 1. The zero-order chi connectivity index (χ0) is 9.28. The van der Waals surface area contributed by atoms with Crippen LogP contribution in [0.25, 0.3) is 0 Å². The van der Waals surface area contributed by atoms with Crippen LogP contribution in [0.15, 0.2) is 12.2 Å². The standard InChI is InChI=1S/C4H5NO3.2ClH.Na.Zn.H/c5-3(6)1-2-4(7)8;;;;;/h1-2H,(H2,5,6)(H,7,8);2*1H;;;/q;;;+1;+2;-1/p-2/b2-1-;;;;;. The van der Waals surface area contributed by atoms with Crippen molar-refractivity contribution in [3.8, 4) is 0 Å². The Hall–Kier alpha value is 0.883. The number of aliphatic carboxylic acids is 1. The van der Waals surface area contributed by atoms with Crippen molar-refractivity contribution >= 4 is 31.3 Å². The predicted molar refractivity (Wildman–Crippen MR) is 38.8 cm³/mol. The van der Waals surface area contributed by atoms with E-state index in [9.17, 15) is 9.59 Å². The molecule has 0 saturated carbocycles. The normalized spacial score (nSPS) is 7.17. The van der Waals surface area contributed by atoms with Crippen LogP contribution in [0.1, 0.15) is 1.43 Å². The molecule has 4 nitrogen and oxygen atoms in total. The molecule has 8 heteroatoms. The van der Waals surface area contributed by atoms with E-state index in [0.29, 0.717) is 6.08 Å². The molecule has 0 aromatic heterocycles. The Kier molecular flexibility index (Phi) is 22.4. The molecule has 0 saturated heterocycles.